The van der Waals surface area contributed by atoms with Gasteiger partial charge in [-0.25, -0.2) is 15.4 Å². The molecule has 2 aromatic rings. The van der Waals surface area contributed by atoms with E-state index in [2.05, 4.69) is 37.9 Å². The first kappa shape index (κ1) is 15.7. The molecule has 0 bridgehead atoms. The second-order valence-corrected chi connectivity index (χ2v) is 7.56. The molecule has 8 heteroatoms. The van der Waals surface area contributed by atoms with Gasteiger partial charge in [0.1, 0.15) is 23.5 Å². The molecule has 0 radical (unpaired) electrons. The minimum Gasteiger partial charge on any atom is -0.370 e. The van der Waals surface area contributed by atoms with Crippen LogP contribution in [0.2, 0.25) is 0 Å². The van der Waals surface area contributed by atoms with Crippen molar-refractivity contribution in [1.29, 1.82) is 0 Å². The van der Waals surface area contributed by atoms with Gasteiger partial charge in [0.25, 0.3) is 0 Å². The van der Waals surface area contributed by atoms with Crippen LogP contribution in [-0.2, 0) is 0 Å². The van der Waals surface area contributed by atoms with Crippen molar-refractivity contribution in [3.8, 4) is 0 Å². The zero-order valence-corrected chi connectivity index (χ0v) is 15.1. The number of halogens is 1. The number of aromatic nitrogens is 3. The predicted octanol–water partition coefficient (Wildman–Crippen LogP) is 3.12. The molecule has 2 aromatic heterocycles. The number of hydrogen-bond acceptors (Lipinski definition) is 6. The van der Waals surface area contributed by atoms with Crippen LogP contribution in [0.1, 0.15) is 26.2 Å². The fraction of sp³-hybridized carbons (Fsp3) is 0.333. The van der Waals surface area contributed by atoms with E-state index in [1.54, 1.807) is 0 Å². The van der Waals surface area contributed by atoms with Crippen molar-refractivity contribution in [2.24, 2.45) is 5.92 Å². The molecule has 0 amide bonds. The molecule has 1 atom stereocenters. The standard InChI is InChI=1S/C18H20ClN7/c1-18(11-3-2-4-11)23-8-15-14(19)7-12(9-26(15)25-18)24-17-13-5-6-20-16(13)21-10-22-17/h5-11,23,25H,2-4H2,1H3,(H2,20,21,22,24). The summed E-state index contributed by atoms with van der Waals surface area (Å²) in [6, 6.07) is 1.95. The van der Waals surface area contributed by atoms with Crippen LogP contribution in [0.4, 0.5) is 5.82 Å². The lowest BCUT2D eigenvalue weighted by Gasteiger charge is -2.49. The highest BCUT2D eigenvalue weighted by atomic mass is 35.5. The van der Waals surface area contributed by atoms with Gasteiger partial charge < -0.3 is 15.6 Å². The largest absolute Gasteiger partial charge is 0.370 e. The highest BCUT2D eigenvalue weighted by molar-refractivity contribution is 6.32. The Hall–Kier alpha value is -2.51. The summed E-state index contributed by atoms with van der Waals surface area (Å²) in [5.74, 6) is 1.35. The van der Waals surface area contributed by atoms with Gasteiger partial charge in [0.05, 0.1) is 21.8 Å². The molecule has 7 nitrogen and oxygen atoms in total. The molecule has 3 aliphatic rings. The number of anilines is 1. The van der Waals surface area contributed by atoms with Crippen LogP contribution in [-0.4, -0.2) is 25.6 Å². The van der Waals surface area contributed by atoms with Crippen molar-refractivity contribution >= 4 is 28.5 Å². The first-order chi connectivity index (χ1) is 12.6. The Morgan fingerprint density at radius 3 is 3.04 bits per heavy atom. The molecule has 1 unspecified atom stereocenters. The number of allylic oxidation sites excluding steroid dienone is 2. The second kappa shape index (κ2) is 5.75. The van der Waals surface area contributed by atoms with Crippen molar-refractivity contribution in [1.82, 2.24) is 30.7 Å². The van der Waals surface area contributed by atoms with E-state index in [-0.39, 0.29) is 5.66 Å². The topological polar surface area (TPSA) is 80.9 Å². The second-order valence-electron chi connectivity index (χ2n) is 7.15. The van der Waals surface area contributed by atoms with E-state index in [0.717, 1.165) is 28.2 Å². The summed E-state index contributed by atoms with van der Waals surface area (Å²) in [7, 11) is 0. The summed E-state index contributed by atoms with van der Waals surface area (Å²) in [5.41, 5.74) is 5.98. The van der Waals surface area contributed by atoms with Crippen LogP contribution in [0, 0.1) is 5.92 Å². The summed E-state index contributed by atoms with van der Waals surface area (Å²) in [5, 5.41) is 10.4. The quantitative estimate of drug-likeness (QED) is 0.665. The molecule has 5 rings (SSSR count). The first-order valence-electron chi connectivity index (χ1n) is 8.82. The summed E-state index contributed by atoms with van der Waals surface area (Å²) in [6.45, 7) is 2.20. The van der Waals surface area contributed by atoms with E-state index in [9.17, 15) is 0 Å². The summed E-state index contributed by atoms with van der Waals surface area (Å²) < 4.78 is 0. The molecular formula is C18H20ClN7. The van der Waals surface area contributed by atoms with E-state index in [0.29, 0.717) is 11.0 Å². The fourth-order valence-corrected chi connectivity index (χ4v) is 3.94. The van der Waals surface area contributed by atoms with Crippen LogP contribution in [0.3, 0.4) is 0 Å². The molecule has 4 heterocycles. The van der Waals surface area contributed by atoms with Gasteiger partial charge in [-0.1, -0.05) is 18.0 Å². The van der Waals surface area contributed by atoms with Gasteiger partial charge in [-0.2, -0.15) is 0 Å². The Morgan fingerprint density at radius 1 is 1.35 bits per heavy atom. The van der Waals surface area contributed by atoms with Gasteiger partial charge in [-0.15, -0.1) is 0 Å². The Labute approximate surface area is 156 Å². The third-order valence-electron chi connectivity index (χ3n) is 5.45. The molecule has 2 aliphatic heterocycles. The molecule has 0 saturated heterocycles. The van der Waals surface area contributed by atoms with Crippen molar-refractivity contribution < 1.29 is 0 Å². The van der Waals surface area contributed by atoms with Crippen LogP contribution in [0.25, 0.3) is 11.0 Å². The fourth-order valence-electron chi connectivity index (χ4n) is 3.68. The minimum atomic E-state index is -0.166. The number of rotatable bonds is 3. The molecule has 0 aromatic carbocycles. The van der Waals surface area contributed by atoms with Gasteiger partial charge >= 0.3 is 0 Å². The molecular weight excluding hydrogens is 350 g/mol. The van der Waals surface area contributed by atoms with E-state index in [4.69, 9.17) is 11.6 Å². The van der Waals surface area contributed by atoms with E-state index in [1.165, 1.54) is 25.6 Å². The van der Waals surface area contributed by atoms with Crippen LogP contribution < -0.4 is 16.1 Å². The number of aromatic amines is 1. The minimum absolute atomic E-state index is 0.166. The van der Waals surface area contributed by atoms with Gasteiger partial charge in [0, 0.05) is 18.6 Å². The monoisotopic (exact) mass is 369 g/mol. The zero-order chi connectivity index (χ0) is 17.7. The summed E-state index contributed by atoms with van der Waals surface area (Å²) >= 11 is 6.52. The lowest BCUT2D eigenvalue weighted by atomic mass is 9.76. The van der Waals surface area contributed by atoms with Crippen LogP contribution >= 0.6 is 11.6 Å². The van der Waals surface area contributed by atoms with E-state index >= 15 is 0 Å². The Morgan fingerprint density at radius 2 is 2.23 bits per heavy atom. The van der Waals surface area contributed by atoms with Gasteiger partial charge in [0.15, 0.2) is 0 Å². The molecule has 134 valence electrons. The molecule has 26 heavy (non-hydrogen) atoms. The highest BCUT2D eigenvalue weighted by Gasteiger charge is 2.41. The van der Waals surface area contributed by atoms with Crippen LogP contribution in [0.15, 0.2) is 53.5 Å². The third-order valence-corrected chi connectivity index (χ3v) is 5.76. The average Bonchev–Trinajstić information content (AvgIpc) is 3.02. The van der Waals surface area contributed by atoms with Gasteiger partial charge in [-0.3, -0.25) is 5.01 Å². The van der Waals surface area contributed by atoms with E-state index < -0.39 is 0 Å². The number of H-pyrrole nitrogens is 1. The Kier molecular flexibility index (Phi) is 3.48. The molecule has 1 aliphatic carbocycles. The smallest absolute Gasteiger partial charge is 0.143 e. The SMILES string of the molecule is CC1(C2CCC2)NC=C2C(Cl)=CC(Nc3ncnc4[nH]ccc34)=CN2N1. The maximum Gasteiger partial charge on any atom is 0.143 e. The first-order valence-corrected chi connectivity index (χ1v) is 9.20. The van der Waals surface area contributed by atoms with Crippen LogP contribution in [0.5, 0.6) is 0 Å². The highest BCUT2D eigenvalue weighted by Crippen LogP contribution is 2.38. The summed E-state index contributed by atoms with van der Waals surface area (Å²) in [6.07, 6.45) is 13.1. The maximum atomic E-state index is 6.52. The predicted molar refractivity (Wildman–Crippen MR) is 101 cm³/mol. The number of hydrazine groups is 1. The average molecular weight is 370 g/mol. The van der Waals surface area contributed by atoms with Crippen molar-refractivity contribution in [3.63, 3.8) is 0 Å². The summed E-state index contributed by atoms with van der Waals surface area (Å²) in [4.78, 5) is 11.7. The number of nitrogens with one attached hydrogen (secondary N) is 4. The third kappa shape index (κ3) is 2.47. The van der Waals surface area contributed by atoms with Crippen molar-refractivity contribution in [3.05, 3.63) is 53.5 Å². The van der Waals surface area contributed by atoms with Gasteiger partial charge in [-0.05, 0) is 37.8 Å². The normalized spacial score (nSPS) is 25.6. The number of fused-ring (bicyclic) bond motifs is 2. The lowest BCUT2D eigenvalue weighted by molar-refractivity contribution is 0.0533. The molecule has 4 N–H and O–H groups in total. The van der Waals surface area contributed by atoms with E-state index in [1.807, 2.05) is 35.7 Å². The van der Waals surface area contributed by atoms with Gasteiger partial charge in [0.2, 0.25) is 0 Å². The van der Waals surface area contributed by atoms with Crippen molar-refractivity contribution in [2.75, 3.05) is 5.32 Å². The Bertz CT molecular complexity index is 955. The number of hydrogen-bond donors (Lipinski definition) is 4. The lowest BCUT2D eigenvalue weighted by Crippen LogP contribution is -2.66. The Balaban J connectivity index is 1.45. The molecule has 1 fully saturated rings. The zero-order valence-electron chi connectivity index (χ0n) is 14.4. The molecule has 0 spiro atoms. The molecule has 1 saturated carbocycles. The van der Waals surface area contributed by atoms with Crippen molar-refractivity contribution in [2.45, 2.75) is 31.8 Å². The number of nitrogens with zero attached hydrogens (tertiary/aromatic N) is 3. The maximum absolute atomic E-state index is 6.52.